The summed E-state index contributed by atoms with van der Waals surface area (Å²) in [5, 5.41) is 0. The van der Waals surface area contributed by atoms with Crippen LogP contribution in [0.4, 0.5) is 9.59 Å². The lowest BCUT2D eigenvalue weighted by Gasteiger charge is -2.24. The Kier molecular flexibility index (Phi) is 6.21. The molecule has 1 aromatic carbocycles. The van der Waals surface area contributed by atoms with Crippen LogP contribution in [0.15, 0.2) is 61.7 Å². The third-order valence-electron chi connectivity index (χ3n) is 4.35. The van der Waals surface area contributed by atoms with Gasteiger partial charge >= 0.3 is 12.2 Å². The lowest BCUT2D eigenvalue weighted by Crippen LogP contribution is -2.20. The van der Waals surface area contributed by atoms with Crippen molar-refractivity contribution < 1.29 is 19.1 Å². The molecule has 146 valence electrons. The standard InChI is InChI=1S/C20H22N4O4/c1-3-17(27-19(25)23-11-9-21-13-23)15-7-5-6-8-16(15)18(4-2)28-20(26)24-12-10-22-14-24/h5-14,17-18H,3-4H2,1-2H3/t17-,18-/m1/s1. The van der Waals surface area contributed by atoms with Gasteiger partial charge in [0.15, 0.2) is 0 Å². The van der Waals surface area contributed by atoms with Gasteiger partial charge < -0.3 is 9.47 Å². The van der Waals surface area contributed by atoms with Crippen LogP contribution in [0.1, 0.15) is 50.0 Å². The van der Waals surface area contributed by atoms with Crippen LogP contribution in [0.25, 0.3) is 0 Å². The summed E-state index contributed by atoms with van der Waals surface area (Å²) in [6.45, 7) is 3.86. The normalized spacial score (nSPS) is 12.9. The number of hydrogen-bond donors (Lipinski definition) is 0. The number of carbonyl (C=O) groups excluding carboxylic acids is 2. The molecular weight excluding hydrogens is 360 g/mol. The van der Waals surface area contributed by atoms with Gasteiger partial charge in [-0.3, -0.25) is 0 Å². The van der Waals surface area contributed by atoms with Gasteiger partial charge in [-0.1, -0.05) is 38.1 Å². The molecule has 0 amide bonds. The predicted octanol–water partition coefficient (Wildman–Crippen LogP) is 4.35. The Bertz CT molecular complexity index is 831. The van der Waals surface area contributed by atoms with E-state index in [4.69, 9.17) is 9.47 Å². The highest BCUT2D eigenvalue weighted by Crippen LogP contribution is 2.32. The number of benzene rings is 1. The number of aromatic nitrogens is 4. The maximum absolute atomic E-state index is 12.3. The van der Waals surface area contributed by atoms with E-state index >= 15 is 0 Å². The van der Waals surface area contributed by atoms with Gasteiger partial charge in [0.25, 0.3) is 0 Å². The molecule has 0 aliphatic rings. The van der Waals surface area contributed by atoms with Crippen molar-refractivity contribution in [3.63, 3.8) is 0 Å². The lowest BCUT2D eigenvalue weighted by molar-refractivity contribution is 0.0831. The molecule has 0 N–H and O–H groups in total. The summed E-state index contributed by atoms with van der Waals surface area (Å²) in [6.07, 6.45) is 8.03. The van der Waals surface area contributed by atoms with E-state index < -0.39 is 24.4 Å². The molecular formula is C20H22N4O4. The Labute approximate surface area is 162 Å². The average molecular weight is 382 g/mol. The van der Waals surface area contributed by atoms with Crippen molar-refractivity contribution >= 4 is 12.2 Å². The molecule has 3 aromatic rings. The summed E-state index contributed by atoms with van der Waals surface area (Å²) < 4.78 is 13.9. The fourth-order valence-electron chi connectivity index (χ4n) is 2.93. The van der Waals surface area contributed by atoms with E-state index in [9.17, 15) is 9.59 Å². The Hall–Kier alpha value is -3.42. The Balaban J connectivity index is 1.83. The molecule has 0 radical (unpaired) electrons. The summed E-state index contributed by atoms with van der Waals surface area (Å²) in [7, 11) is 0. The zero-order chi connectivity index (χ0) is 19.9. The second kappa shape index (κ2) is 8.98. The third kappa shape index (κ3) is 4.28. The Morgan fingerprint density at radius 2 is 1.29 bits per heavy atom. The van der Waals surface area contributed by atoms with Crippen molar-refractivity contribution in [2.75, 3.05) is 0 Å². The fourth-order valence-corrected chi connectivity index (χ4v) is 2.93. The van der Waals surface area contributed by atoms with Gasteiger partial charge in [-0.2, -0.15) is 0 Å². The van der Waals surface area contributed by atoms with Gasteiger partial charge in [-0.15, -0.1) is 0 Å². The van der Waals surface area contributed by atoms with Crippen LogP contribution < -0.4 is 0 Å². The third-order valence-corrected chi connectivity index (χ3v) is 4.35. The minimum Gasteiger partial charge on any atom is -0.441 e. The number of carbonyl (C=O) groups is 2. The molecule has 0 bridgehead atoms. The second-order valence-corrected chi connectivity index (χ2v) is 6.13. The Morgan fingerprint density at radius 3 is 1.61 bits per heavy atom. The first-order valence-corrected chi connectivity index (χ1v) is 9.10. The highest BCUT2D eigenvalue weighted by molar-refractivity contribution is 5.71. The fraction of sp³-hybridized carbons (Fsp3) is 0.300. The first-order valence-electron chi connectivity index (χ1n) is 9.10. The van der Waals surface area contributed by atoms with Crippen molar-refractivity contribution in [2.45, 2.75) is 38.9 Å². The van der Waals surface area contributed by atoms with E-state index in [1.54, 1.807) is 0 Å². The maximum atomic E-state index is 12.3. The van der Waals surface area contributed by atoms with Gasteiger partial charge in [-0.25, -0.2) is 28.7 Å². The maximum Gasteiger partial charge on any atom is 0.419 e. The first-order chi connectivity index (χ1) is 13.6. The number of rotatable bonds is 6. The minimum atomic E-state index is -0.511. The minimum absolute atomic E-state index is 0.480. The largest absolute Gasteiger partial charge is 0.441 e. The van der Waals surface area contributed by atoms with Crippen LogP contribution in [-0.2, 0) is 9.47 Å². The SMILES string of the molecule is CC[C@@H](OC(=O)n1ccnc1)c1ccccc1[C@@H](CC)OC(=O)n1ccnc1. The van der Waals surface area contributed by atoms with Crippen molar-refractivity contribution in [3.8, 4) is 0 Å². The topological polar surface area (TPSA) is 88.2 Å². The van der Waals surface area contributed by atoms with E-state index in [2.05, 4.69) is 9.97 Å². The van der Waals surface area contributed by atoms with E-state index in [1.165, 1.54) is 46.6 Å². The molecule has 0 saturated heterocycles. The van der Waals surface area contributed by atoms with Crippen molar-refractivity contribution in [3.05, 3.63) is 72.8 Å². The molecule has 28 heavy (non-hydrogen) atoms. The van der Waals surface area contributed by atoms with Gasteiger partial charge in [0.1, 0.15) is 24.9 Å². The van der Waals surface area contributed by atoms with Crippen LogP contribution in [0.5, 0.6) is 0 Å². The molecule has 3 rings (SSSR count). The second-order valence-electron chi connectivity index (χ2n) is 6.13. The summed E-state index contributed by atoms with van der Waals surface area (Å²) in [4.78, 5) is 32.4. The summed E-state index contributed by atoms with van der Waals surface area (Å²) in [5.74, 6) is 0. The molecule has 2 atom stereocenters. The van der Waals surface area contributed by atoms with E-state index in [0.29, 0.717) is 12.8 Å². The van der Waals surface area contributed by atoms with E-state index in [0.717, 1.165) is 11.1 Å². The summed E-state index contributed by atoms with van der Waals surface area (Å²) in [5.41, 5.74) is 1.62. The van der Waals surface area contributed by atoms with Crippen molar-refractivity contribution in [2.24, 2.45) is 0 Å². The molecule has 0 aliphatic heterocycles. The highest BCUT2D eigenvalue weighted by atomic mass is 16.6. The zero-order valence-electron chi connectivity index (χ0n) is 15.8. The molecule has 0 unspecified atom stereocenters. The molecule has 8 nitrogen and oxygen atoms in total. The zero-order valence-corrected chi connectivity index (χ0v) is 15.8. The van der Waals surface area contributed by atoms with Crippen LogP contribution in [0.3, 0.4) is 0 Å². The van der Waals surface area contributed by atoms with Gasteiger partial charge in [0, 0.05) is 24.8 Å². The quantitative estimate of drug-likeness (QED) is 0.630. The molecule has 0 spiro atoms. The highest BCUT2D eigenvalue weighted by Gasteiger charge is 2.24. The lowest BCUT2D eigenvalue weighted by atomic mass is 9.95. The van der Waals surface area contributed by atoms with Crippen LogP contribution in [-0.4, -0.2) is 31.3 Å². The molecule has 2 aromatic heterocycles. The summed E-state index contributed by atoms with van der Waals surface area (Å²) >= 11 is 0. The molecule has 0 aliphatic carbocycles. The van der Waals surface area contributed by atoms with Gasteiger partial charge in [0.05, 0.1) is 0 Å². The van der Waals surface area contributed by atoms with Crippen molar-refractivity contribution in [1.82, 2.24) is 19.1 Å². The number of imidazole rings is 2. The predicted molar refractivity (Wildman–Crippen MR) is 101 cm³/mol. The van der Waals surface area contributed by atoms with E-state index in [-0.39, 0.29) is 0 Å². The van der Waals surface area contributed by atoms with Gasteiger partial charge in [0.2, 0.25) is 0 Å². The monoisotopic (exact) mass is 382 g/mol. The van der Waals surface area contributed by atoms with Gasteiger partial charge in [-0.05, 0) is 24.0 Å². The number of hydrogen-bond acceptors (Lipinski definition) is 6. The van der Waals surface area contributed by atoms with Crippen LogP contribution in [0.2, 0.25) is 0 Å². The molecule has 0 saturated carbocycles. The van der Waals surface area contributed by atoms with E-state index in [1.807, 2.05) is 38.1 Å². The number of ether oxygens (including phenoxy) is 2. The first kappa shape index (κ1) is 19.3. The van der Waals surface area contributed by atoms with Crippen LogP contribution in [0, 0.1) is 0 Å². The molecule has 0 fully saturated rings. The number of nitrogens with zero attached hydrogens (tertiary/aromatic N) is 4. The summed E-state index contributed by atoms with van der Waals surface area (Å²) in [6, 6.07) is 7.52. The average Bonchev–Trinajstić information content (AvgIpc) is 3.44. The molecule has 8 heteroatoms. The smallest absolute Gasteiger partial charge is 0.419 e. The molecule has 2 heterocycles. The Morgan fingerprint density at radius 1 is 0.857 bits per heavy atom. The van der Waals surface area contributed by atoms with Crippen LogP contribution >= 0.6 is 0 Å². The van der Waals surface area contributed by atoms with Crippen molar-refractivity contribution in [1.29, 1.82) is 0 Å².